The maximum atomic E-state index is 5.93. The van der Waals surface area contributed by atoms with Crippen molar-refractivity contribution in [2.45, 2.75) is 0 Å². The normalized spacial score (nSPS) is 10.8. The van der Waals surface area contributed by atoms with Crippen LogP contribution < -0.4 is 5.32 Å². The predicted octanol–water partition coefficient (Wildman–Crippen LogP) is 5.76. The Morgan fingerprint density at radius 3 is 2.48 bits per heavy atom. The third-order valence-electron chi connectivity index (χ3n) is 3.49. The molecule has 23 heavy (non-hydrogen) atoms. The molecule has 2 heterocycles. The van der Waals surface area contributed by atoms with Gasteiger partial charge in [0.2, 0.25) is 0 Å². The first-order valence-electron chi connectivity index (χ1n) is 7.12. The lowest BCUT2D eigenvalue weighted by molar-refractivity contribution is 1.23. The topological polar surface area (TPSA) is 37.8 Å². The molecule has 2 aromatic heterocycles. The van der Waals surface area contributed by atoms with Crippen molar-refractivity contribution in [1.82, 2.24) is 9.97 Å². The quantitative estimate of drug-likeness (QED) is 0.516. The number of nitrogens with one attached hydrogen (secondary N) is 1. The molecule has 0 saturated heterocycles. The number of hydrogen-bond acceptors (Lipinski definition) is 4. The van der Waals surface area contributed by atoms with Gasteiger partial charge in [0.25, 0.3) is 0 Å². The van der Waals surface area contributed by atoms with E-state index in [-0.39, 0.29) is 0 Å². The molecule has 112 valence electrons. The van der Waals surface area contributed by atoms with E-state index in [4.69, 9.17) is 11.6 Å². The number of fused-ring (bicyclic) bond motifs is 1. The molecule has 4 rings (SSSR count). The summed E-state index contributed by atoms with van der Waals surface area (Å²) < 4.78 is 0. The largest absolute Gasteiger partial charge is 0.340 e. The Morgan fingerprint density at radius 1 is 0.913 bits per heavy atom. The molecule has 3 nitrogen and oxygen atoms in total. The Morgan fingerprint density at radius 2 is 1.70 bits per heavy atom. The van der Waals surface area contributed by atoms with Crippen LogP contribution in [0.2, 0.25) is 5.02 Å². The molecule has 0 fully saturated rings. The van der Waals surface area contributed by atoms with Gasteiger partial charge in [-0.15, -0.1) is 11.3 Å². The summed E-state index contributed by atoms with van der Waals surface area (Å²) >= 11 is 7.59. The van der Waals surface area contributed by atoms with Gasteiger partial charge in [-0.2, -0.15) is 0 Å². The van der Waals surface area contributed by atoms with E-state index in [1.807, 2.05) is 42.5 Å². The number of thiophene rings is 1. The summed E-state index contributed by atoms with van der Waals surface area (Å²) in [7, 11) is 0. The molecule has 0 unspecified atom stereocenters. The summed E-state index contributed by atoms with van der Waals surface area (Å²) in [6, 6.07) is 20.0. The highest BCUT2D eigenvalue weighted by atomic mass is 35.5. The monoisotopic (exact) mass is 337 g/mol. The molecule has 2 aromatic carbocycles. The first-order chi connectivity index (χ1) is 11.3. The van der Waals surface area contributed by atoms with Crippen LogP contribution in [0.4, 0.5) is 11.5 Å². The van der Waals surface area contributed by atoms with Crippen molar-refractivity contribution >= 4 is 44.7 Å². The van der Waals surface area contributed by atoms with Crippen molar-refractivity contribution in [3.05, 3.63) is 72.0 Å². The van der Waals surface area contributed by atoms with Crippen LogP contribution in [0.3, 0.4) is 0 Å². The fourth-order valence-electron chi connectivity index (χ4n) is 2.37. The van der Waals surface area contributed by atoms with Crippen molar-refractivity contribution in [3.8, 4) is 10.4 Å². The van der Waals surface area contributed by atoms with Gasteiger partial charge in [0.1, 0.15) is 17.0 Å². The summed E-state index contributed by atoms with van der Waals surface area (Å²) in [5, 5.41) is 5.07. The van der Waals surface area contributed by atoms with Gasteiger partial charge in [-0.05, 0) is 35.9 Å². The molecule has 0 saturated carbocycles. The molecule has 0 spiro atoms. The van der Waals surface area contributed by atoms with Gasteiger partial charge >= 0.3 is 0 Å². The number of aromatic nitrogens is 2. The third kappa shape index (κ3) is 2.91. The second-order valence-corrected chi connectivity index (χ2v) is 6.52. The molecule has 0 aliphatic rings. The van der Waals surface area contributed by atoms with Crippen LogP contribution in [-0.4, -0.2) is 9.97 Å². The molecule has 0 aliphatic heterocycles. The third-order valence-corrected chi connectivity index (χ3v) is 4.84. The van der Waals surface area contributed by atoms with E-state index in [1.54, 1.807) is 17.7 Å². The van der Waals surface area contributed by atoms with E-state index in [1.165, 1.54) is 10.4 Å². The minimum Gasteiger partial charge on any atom is -0.340 e. The first-order valence-corrected chi connectivity index (χ1v) is 8.31. The van der Waals surface area contributed by atoms with Crippen LogP contribution in [0.5, 0.6) is 0 Å². The summed E-state index contributed by atoms with van der Waals surface area (Å²) in [4.78, 5) is 10.9. The number of nitrogens with zero attached hydrogens (tertiary/aromatic N) is 2. The van der Waals surface area contributed by atoms with Crippen molar-refractivity contribution in [2.75, 3.05) is 5.32 Å². The molecule has 1 N–H and O–H groups in total. The molecule has 0 bridgehead atoms. The maximum absolute atomic E-state index is 5.93. The molecule has 0 radical (unpaired) electrons. The molecule has 0 aliphatic carbocycles. The Balaban J connectivity index is 1.75. The zero-order valence-electron chi connectivity index (χ0n) is 12.0. The Bertz CT molecular complexity index is 949. The first kappa shape index (κ1) is 14.2. The number of benzene rings is 2. The zero-order chi connectivity index (χ0) is 15.6. The summed E-state index contributed by atoms with van der Waals surface area (Å²) in [6.45, 7) is 0. The van der Waals surface area contributed by atoms with Crippen molar-refractivity contribution in [3.63, 3.8) is 0 Å². The second kappa shape index (κ2) is 5.99. The molecular formula is C18H12ClN3S. The van der Waals surface area contributed by atoms with Crippen LogP contribution in [0.25, 0.3) is 20.7 Å². The van der Waals surface area contributed by atoms with Crippen molar-refractivity contribution < 1.29 is 0 Å². The second-order valence-electron chi connectivity index (χ2n) is 5.05. The van der Waals surface area contributed by atoms with E-state index in [0.717, 1.165) is 21.7 Å². The molecular weight excluding hydrogens is 326 g/mol. The van der Waals surface area contributed by atoms with Gasteiger partial charge in [0, 0.05) is 15.6 Å². The average molecular weight is 338 g/mol. The molecule has 4 aromatic rings. The van der Waals surface area contributed by atoms with Gasteiger partial charge in [0.05, 0.1) is 5.39 Å². The highest BCUT2D eigenvalue weighted by molar-refractivity contribution is 7.21. The van der Waals surface area contributed by atoms with E-state index >= 15 is 0 Å². The van der Waals surface area contributed by atoms with Crippen molar-refractivity contribution in [2.24, 2.45) is 0 Å². The molecule has 0 atom stereocenters. The SMILES string of the molecule is Clc1ccc(Nc2ncnc3sc(-c4ccccc4)cc23)cc1. The lowest BCUT2D eigenvalue weighted by Gasteiger charge is -2.06. The van der Waals surface area contributed by atoms with Crippen LogP contribution in [-0.2, 0) is 0 Å². The fourth-order valence-corrected chi connectivity index (χ4v) is 3.50. The predicted molar refractivity (Wildman–Crippen MR) is 97.6 cm³/mol. The fraction of sp³-hybridized carbons (Fsp3) is 0. The Kier molecular flexibility index (Phi) is 3.69. The number of rotatable bonds is 3. The van der Waals surface area contributed by atoms with E-state index in [9.17, 15) is 0 Å². The van der Waals surface area contributed by atoms with Crippen LogP contribution in [0.1, 0.15) is 0 Å². The number of halogens is 1. The summed E-state index contributed by atoms with van der Waals surface area (Å²) in [5.41, 5.74) is 2.13. The smallest absolute Gasteiger partial charge is 0.142 e. The van der Waals surface area contributed by atoms with Crippen LogP contribution in [0.15, 0.2) is 67.0 Å². The highest BCUT2D eigenvalue weighted by Crippen LogP contribution is 2.35. The number of anilines is 2. The van der Waals surface area contributed by atoms with Gasteiger partial charge in [-0.25, -0.2) is 9.97 Å². The van der Waals surface area contributed by atoms with Gasteiger partial charge in [-0.1, -0.05) is 41.9 Å². The van der Waals surface area contributed by atoms with Crippen molar-refractivity contribution in [1.29, 1.82) is 0 Å². The summed E-state index contributed by atoms with van der Waals surface area (Å²) in [6.07, 6.45) is 1.59. The Hall–Kier alpha value is -2.43. The summed E-state index contributed by atoms with van der Waals surface area (Å²) in [5.74, 6) is 0.802. The van der Waals surface area contributed by atoms with Crippen LogP contribution in [0, 0.1) is 0 Å². The lowest BCUT2D eigenvalue weighted by Crippen LogP contribution is -1.94. The molecule has 5 heteroatoms. The standard InChI is InChI=1S/C18H12ClN3S/c19-13-6-8-14(9-7-13)22-17-15-10-16(12-4-2-1-3-5-12)23-18(15)21-11-20-17/h1-11H,(H,20,21,22). The van der Waals surface area contributed by atoms with Gasteiger partial charge in [0.15, 0.2) is 0 Å². The maximum Gasteiger partial charge on any atom is 0.142 e. The van der Waals surface area contributed by atoms with E-state index < -0.39 is 0 Å². The Labute approximate surface area is 142 Å². The van der Waals surface area contributed by atoms with E-state index in [0.29, 0.717) is 5.02 Å². The van der Waals surface area contributed by atoms with E-state index in [2.05, 4.69) is 33.5 Å². The lowest BCUT2D eigenvalue weighted by atomic mass is 10.2. The zero-order valence-corrected chi connectivity index (χ0v) is 13.6. The number of hydrogen-bond donors (Lipinski definition) is 1. The minimum absolute atomic E-state index is 0.713. The van der Waals surface area contributed by atoms with Gasteiger partial charge in [-0.3, -0.25) is 0 Å². The van der Waals surface area contributed by atoms with Crippen LogP contribution >= 0.6 is 22.9 Å². The van der Waals surface area contributed by atoms with Gasteiger partial charge < -0.3 is 5.32 Å². The molecule has 0 amide bonds. The highest BCUT2D eigenvalue weighted by Gasteiger charge is 2.10. The minimum atomic E-state index is 0.713. The average Bonchev–Trinajstić information content (AvgIpc) is 3.03.